The summed E-state index contributed by atoms with van der Waals surface area (Å²) in [6.07, 6.45) is -0.127. The number of nitrogens with zero attached hydrogens (tertiary/aromatic N) is 3. The molecular formula is C11H16N4O6. The first-order valence-corrected chi connectivity index (χ1v) is 6.09. The van der Waals surface area contributed by atoms with Gasteiger partial charge in [-0.3, -0.25) is 19.6 Å². The molecule has 0 bridgehead atoms. The van der Waals surface area contributed by atoms with Crippen molar-refractivity contribution in [2.75, 3.05) is 6.61 Å². The van der Waals surface area contributed by atoms with E-state index >= 15 is 0 Å². The molecule has 1 rings (SSSR count). The highest BCUT2D eigenvalue weighted by Gasteiger charge is 2.24. The van der Waals surface area contributed by atoms with Gasteiger partial charge in [0.05, 0.1) is 4.92 Å². The van der Waals surface area contributed by atoms with Crippen molar-refractivity contribution in [1.29, 1.82) is 0 Å². The quantitative estimate of drug-likeness (QED) is 0.448. The first-order valence-electron chi connectivity index (χ1n) is 6.09. The third-order valence-electron chi connectivity index (χ3n) is 2.87. The number of aromatic nitrogens is 2. The van der Waals surface area contributed by atoms with Gasteiger partial charge >= 0.3 is 11.7 Å². The minimum Gasteiger partial charge on any atom is -0.480 e. The van der Waals surface area contributed by atoms with Gasteiger partial charge in [-0.2, -0.15) is 5.10 Å². The molecule has 21 heavy (non-hydrogen) atoms. The number of aliphatic hydroxyl groups is 1. The molecule has 0 aliphatic heterocycles. The van der Waals surface area contributed by atoms with Crippen LogP contribution in [-0.2, 0) is 16.1 Å². The average Bonchev–Trinajstić information content (AvgIpc) is 2.63. The molecule has 0 saturated carbocycles. The number of carbonyl (C=O) groups excluding carboxylic acids is 1. The van der Waals surface area contributed by atoms with Gasteiger partial charge in [-0.15, -0.1) is 0 Å². The molecular weight excluding hydrogens is 284 g/mol. The lowest BCUT2D eigenvalue weighted by atomic mass is 10.2. The zero-order valence-corrected chi connectivity index (χ0v) is 11.6. The van der Waals surface area contributed by atoms with Gasteiger partial charge in [0.1, 0.15) is 24.0 Å². The fraction of sp³-hybridized carbons (Fsp3) is 0.545. The summed E-state index contributed by atoms with van der Waals surface area (Å²) >= 11 is 0. The van der Waals surface area contributed by atoms with Crippen LogP contribution in [0.4, 0.5) is 5.69 Å². The lowest BCUT2D eigenvalue weighted by Gasteiger charge is -2.13. The molecule has 116 valence electrons. The van der Waals surface area contributed by atoms with Crippen molar-refractivity contribution >= 4 is 17.6 Å². The Balaban J connectivity index is 2.82. The SMILES string of the molecule is Cc1nn(CC(=O)N[C@@H](CCO)C(=O)O)c(C)c1[N+](=O)[O-]. The van der Waals surface area contributed by atoms with E-state index in [4.69, 9.17) is 10.2 Å². The van der Waals surface area contributed by atoms with Crippen molar-refractivity contribution in [3.05, 3.63) is 21.5 Å². The minimum atomic E-state index is -1.27. The highest BCUT2D eigenvalue weighted by atomic mass is 16.6. The summed E-state index contributed by atoms with van der Waals surface area (Å²) in [4.78, 5) is 32.9. The first-order chi connectivity index (χ1) is 9.77. The van der Waals surface area contributed by atoms with E-state index in [1.165, 1.54) is 13.8 Å². The monoisotopic (exact) mass is 300 g/mol. The second-order valence-electron chi connectivity index (χ2n) is 4.40. The fourth-order valence-corrected chi connectivity index (χ4v) is 1.87. The standard InChI is InChI=1S/C11H16N4O6/c1-6-10(15(20)21)7(2)14(13-6)5-9(17)12-8(3-4-16)11(18)19/h8,16H,3-5H2,1-2H3,(H,12,17)(H,18,19)/t8-/m0/s1. The predicted molar refractivity (Wildman–Crippen MR) is 69.6 cm³/mol. The van der Waals surface area contributed by atoms with Crippen LogP contribution in [0.2, 0.25) is 0 Å². The van der Waals surface area contributed by atoms with Gasteiger partial charge < -0.3 is 15.5 Å². The van der Waals surface area contributed by atoms with Crippen LogP contribution in [0.3, 0.4) is 0 Å². The van der Waals surface area contributed by atoms with E-state index in [1.807, 2.05) is 0 Å². The van der Waals surface area contributed by atoms with Crippen LogP contribution in [-0.4, -0.2) is 49.4 Å². The molecule has 10 heteroatoms. The second-order valence-corrected chi connectivity index (χ2v) is 4.40. The van der Waals surface area contributed by atoms with Crippen molar-refractivity contribution in [1.82, 2.24) is 15.1 Å². The highest BCUT2D eigenvalue weighted by molar-refractivity contribution is 5.83. The van der Waals surface area contributed by atoms with Crippen molar-refractivity contribution in [2.45, 2.75) is 32.9 Å². The largest absolute Gasteiger partial charge is 0.480 e. The van der Waals surface area contributed by atoms with Crippen LogP contribution in [0.5, 0.6) is 0 Å². The molecule has 0 spiro atoms. The Morgan fingerprint density at radius 3 is 2.52 bits per heavy atom. The Morgan fingerprint density at radius 1 is 1.48 bits per heavy atom. The number of nitro groups is 1. The average molecular weight is 300 g/mol. The molecule has 0 aliphatic rings. The van der Waals surface area contributed by atoms with Crippen molar-refractivity contribution in [3.8, 4) is 0 Å². The van der Waals surface area contributed by atoms with Gasteiger partial charge in [-0.1, -0.05) is 0 Å². The van der Waals surface area contributed by atoms with Crippen LogP contribution in [0, 0.1) is 24.0 Å². The summed E-state index contributed by atoms with van der Waals surface area (Å²) in [5.41, 5.74) is 0.213. The molecule has 1 aromatic rings. The summed E-state index contributed by atoms with van der Waals surface area (Å²) < 4.78 is 1.14. The van der Waals surface area contributed by atoms with Gasteiger partial charge in [-0.25, -0.2) is 4.79 Å². The van der Waals surface area contributed by atoms with E-state index in [1.54, 1.807) is 0 Å². The van der Waals surface area contributed by atoms with E-state index in [9.17, 15) is 19.7 Å². The number of aliphatic hydroxyl groups excluding tert-OH is 1. The van der Waals surface area contributed by atoms with Gasteiger partial charge in [0, 0.05) is 13.0 Å². The molecule has 0 radical (unpaired) electrons. The normalized spacial score (nSPS) is 12.0. The Bertz CT molecular complexity index is 567. The van der Waals surface area contributed by atoms with Gasteiger partial charge in [0.15, 0.2) is 0 Å². The summed E-state index contributed by atoms with van der Waals surface area (Å²) in [7, 11) is 0. The van der Waals surface area contributed by atoms with Crippen LogP contribution >= 0.6 is 0 Å². The molecule has 0 unspecified atom stereocenters. The molecule has 1 atom stereocenters. The maximum Gasteiger partial charge on any atom is 0.326 e. The number of aliphatic carboxylic acids is 1. The van der Waals surface area contributed by atoms with Crippen molar-refractivity contribution in [2.24, 2.45) is 0 Å². The summed E-state index contributed by atoms with van der Waals surface area (Å²) in [6.45, 7) is 2.18. The Labute approximate surface area is 119 Å². The molecule has 0 aromatic carbocycles. The molecule has 0 fully saturated rings. The van der Waals surface area contributed by atoms with E-state index in [0.717, 1.165) is 4.68 Å². The number of nitrogens with one attached hydrogen (secondary N) is 1. The lowest BCUT2D eigenvalue weighted by Crippen LogP contribution is -2.43. The number of amides is 1. The highest BCUT2D eigenvalue weighted by Crippen LogP contribution is 2.21. The van der Waals surface area contributed by atoms with Gasteiger partial charge in [0.2, 0.25) is 5.91 Å². The summed E-state index contributed by atoms with van der Waals surface area (Å²) in [5.74, 6) is -1.92. The lowest BCUT2D eigenvalue weighted by molar-refractivity contribution is -0.386. The number of carboxylic acid groups (broad SMARTS) is 1. The van der Waals surface area contributed by atoms with Crippen LogP contribution in [0.15, 0.2) is 0 Å². The third kappa shape index (κ3) is 3.99. The number of rotatable bonds is 7. The number of carbonyl (C=O) groups is 2. The van der Waals surface area contributed by atoms with Crippen molar-refractivity contribution < 1.29 is 24.7 Å². The molecule has 0 aliphatic carbocycles. The zero-order valence-electron chi connectivity index (χ0n) is 11.6. The van der Waals surface area contributed by atoms with Crippen LogP contribution in [0.25, 0.3) is 0 Å². The maximum atomic E-state index is 11.8. The number of hydrogen-bond donors (Lipinski definition) is 3. The molecule has 1 amide bonds. The molecule has 1 aromatic heterocycles. The molecule has 3 N–H and O–H groups in total. The Hall–Kier alpha value is -2.49. The topological polar surface area (TPSA) is 148 Å². The second kappa shape index (κ2) is 6.79. The van der Waals surface area contributed by atoms with Crippen molar-refractivity contribution in [3.63, 3.8) is 0 Å². The minimum absolute atomic E-state index is 0.127. The smallest absolute Gasteiger partial charge is 0.326 e. The van der Waals surface area contributed by atoms with E-state index in [-0.39, 0.29) is 36.6 Å². The number of aryl methyl sites for hydroxylation is 1. The third-order valence-corrected chi connectivity index (χ3v) is 2.87. The van der Waals surface area contributed by atoms with Gasteiger partial charge in [0.25, 0.3) is 0 Å². The summed E-state index contributed by atoms with van der Waals surface area (Å²) in [6, 6.07) is -1.21. The van der Waals surface area contributed by atoms with Crippen LogP contribution in [0.1, 0.15) is 17.8 Å². The zero-order chi connectivity index (χ0) is 16.2. The maximum absolute atomic E-state index is 11.8. The Morgan fingerprint density at radius 2 is 2.10 bits per heavy atom. The first kappa shape index (κ1) is 16.6. The molecule has 1 heterocycles. The van der Waals surface area contributed by atoms with E-state index in [2.05, 4.69) is 10.4 Å². The van der Waals surface area contributed by atoms with Crippen LogP contribution < -0.4 is 5.32 Å². The van der Waals surface area contributed by atoms with E-state index < -0.39 is 22.8 Å². The molecule has 10 nitrogen and oxygen atoms in total. The van der Waals surface area contributed by atoms with E-state index in [0.29, 0.717) is 0 Å². The Kier molecular flexibility index (Phi) is 5.36. The fourth-order valence-electron chi connectivity index (χ4n) is 1.87. The number of hydrogen-bond acceptors (Lipinski definition) is 6. The predicted octanol–water partition coefficient (Wildman–Crippen LogP) is -0.640. The van der Waals surface area contributed by atoms with Gasteiger partial charge in [-0.05, 0) is 13.8 Å². The summed E-state index contributed by atoms with van der Waals surface area (Å²) in [5, 5.41) is 34.5. The number of carboxylic acids is 1. The molecule has 0 saturated heterocycles.